The van der Waals surface area contributed by atoms with E-state index in [0.29, 0.717) is 6.42 Å². The van der Waals surface area contributed by atoms with E-state index < -0.39 is 35.7 Å². The Morgan fingerprint density at radius 1 is 1.23 bits per heavy atom. The van der Waals surface area contributed by atoms with Crippen molar-refractivity contribution in [3.05, 3.63) is 35.4 Å². The maximum absolute atomic E-state index is 12.8. The highest BCUT2D eigenvalue weighted by Gasteiger charge is 2.59. The third-order valence-electron chi connectivity index (χ3n) is 4.18. The highest BCUT2D eigenvalue weighted by molar-refractivity contribution is 6.32. The van der Waals surface area contributed by atoms with Gasteiger partial charge in [0, 0.05) is 17.0 Å². The Morgan fingerprint density at radius 2 is 1.77 bits per heavy atom. The van der Waals surface area contributed by atoms with E-state index in [1.165, 1.54) is 0 Å². The van der Waals surface area contributed by atoms with Crippen molar-refractivity contribution in [1.82, 2.24) is 0 Å². The Morgan fingerprint density at radius 3 is 2.23 bits per heavy atom. The van der Waals surface area contributed by atoms with Crippen LogP contribution in [-0.2, 0) is 9.53 Å². The minimum Gasteiger partial charge on any atom is -0.440 e. The van der Waals surface area contributed by atoms with E-state index in [2.05, 4.69) is 0 Å². The number of carbonyl (C=O) groups is 3. The lowest BCUT2D eigenvalue weighted by Crippen LogP contribution is -2.51. The molecule has 0 fully saturated rings. The van der Waals surface area contributed by atoms with Crippen LogP contribution in [0.1, 0.15) is 53.8 Å². The number of hydrogen-bond donors (Lipinski definition) is 1. The standard InChI is InChI=1S/C17H20O5/c1-3-4-7-11(2)17(22-14(19)10-18)15(20)12-8-5-6-9-13(12)16(17)21/h5-6,8-9,11,18H,3-4,7,10H2,1-2H3. The molecular weight excluding hydrogens is 284 g/mol. The van der Waals surface area contributed by atoms with Gasteiger partial charge in [0.1, 0.15) is 6.61 Å². The monoisotopic (exact) mass is 304 g/mol. The molecule has 0 bridgehead atoms. The Balaban J connectivity index is 2.48. The summed E-state index contributed by atoms with van der Waals surface area (Å²) in [7, 11) is 0. The second-order valence-electron chi connectivity index (χ2n) is 5.61. The summed E-state index contributed by atoms with van der Waals surface area (Å²) in [5.74, 6) is -2.38. The van der Waals surface area contributed by atoms with Crippen LogP contribution in [0.15, 0.2) is 24.3 Å². The molecule has 0 saturated heterocycles. The number of unbranched alkanes of at least 4 members (excludes halogenated alkanes) is 1. The number of aliphatic hydroxyl groups is 1. The number of fused-ring (bicyclic) bond motifs is 1. The molecule has 1 aliphatic carbocycles. The topological polar surface area (TPSA) is 80.7 Å². The second-order valence-corrected chi connectivity index (χ2v) is 5.61. The maximum Gasteiger partial charge on any atom is 0.333 e. The van der Waals surface area contributed by atoms with Crippen molar-refractivity contribution in [2.75, 3.05) is 6.61 Å². The SMILES string of the molecule is CCCCC(C)C1(OC(=O)CO)C(=O)c2ccccc2C1=O. The van der Waals surface area contributed by atoms with E-state index in [9.17, 15) is 14.4 Å². The fourth-order valence-corrected chi connectivity index (χ4v) is 2.95. The van der Waals surface area contributed by atoms with E-state index in [4.69, 9.17) is 9.84 Å². The summed E-state index contributed by atoms with van der Waals surface area (Å²) in [4.78, 5) is 37.2. The number of ketones is 2. The van der Waals surface area contributed by atoms with Crippen molar-refractivity contribution >= 4 is 17.5 Å². The number of ether oxygens (including phenoxy) is 1. The molecule has 1 atom stereocenters. The predicted molar refractivity (Wildman–Crippen MR) is 79.7 cm³/mol. The van der Waals surface area contributed by atoms with E-state index >= 15 is 0 Å². The van der Waals surface area contributed by atoms with Crippen LogP contribution >= 0.6 is 0 Å². The van der Waals surface area contributed by atoms with Crippen LogP contribution in [0.5, 0.6) is 0 Å². The van der Waals surface area contributed by atoms with Crippen molar-refractivity contribution in [2.45, 2.75) is 38.7 Å². The van der Waals surface area contributed by atoms with Gasteiger partial charge in [0.25, 0.3) is 0 Å². The number of esters is 1. The average molecular weight is 304 g/mol. The summed E-state index contributed by atoms with van der Waals surface area (Å²) in [6, 6.07) is 6.47. The van der Waals surface area contributed by atoms with Gasteiger partial charge >= 0.3 is 5.97 Å². The second kappa shape index (κ2) is 6.40. The summed E-state index contributed by atoms with van der Waals surface area (Å²) in [5, 5.41) is 8.96. The predicted octanol–water partition coefficient (Wildman–Crippen LogP) is 2.17. The lowest BCUT2D eigenvalue weighted by molar-refractivity contribution is -0.158. The van der Waals surface area contributed by atoms with Gasteiger partial charge in [-0.2, -0.15) is 0 Å². The molecule has 0 radical (unpaired) electrons. The lowest BCUT2D eigenvalue weighted by Gasteiger charge is -2.31. The minimum atomic E-state index is -1.83. The fourth-order valence-electron chi connectivity index (χ4n) is 2.95. The molecule has 0 amide bonds. The van der Waals surface area contributed by atoms with Crippen LogP contribution in [0.2, 0.25) is 0 Å². The normalized spacial score (nSPS) is 17.2. The molecule has 118 valence electrons. The molecule has 5 nitrogen and oxygen atoms in total. The molecular formula is C17H20O5. The summed E-state index contributed by atoms with van der Waals surface area (Å²) in [6.07, 6.45) is 2.31. The number of Topliss-reactive ketones (excluding diaryl/α,β-unsaturated/α-hetero) is 2. The van der Waals surface area contributed by atoms with E-state index in [1.807, 2.05) is 6.92 Å². The molecule has 1 aromatic rings. The molecule has 0 saturated carbocycles. The summed E-state index contributed by atoms with van der Waals surface area (Å²) >= 11 is 0. The molecule has 0 aromatic heterocycles. The number of hydrogen-bond acceptors (Lipinski definition) is 5. The number of carbonyl (C=O) groups excluding carboxylic acids is 3. The van der Waals surface area contributed by atoms with Crippen molar-refractivity contribution in [2.24, 2.45) is 5.92 Å². The van der Waals surface area contributed by atoms with Gasteiger partial charge in [0.15, 0.2) is 0 Å². The van der Waals surface area contributed by atoms with Gasteiger partial charge in [-0.1, -0.05) is 51.0 Å². The van der Waals surface area contributed by atoms with Gasteiger partial charge in [0.05, 0.1) is 0 Å². The Hall–Kier alpha value is -2.01. The zero-order valence-corrected chi connectivity index (χ0v) is 12.8. The fraction of sp³-hybridized carbons (Fsp3) is 0.471. The van der Waals surface area contributed by atoms with Crippen LogP contribution in [0.3, 0.4) is 0 Å². The quantitative estimate of drug-likeness (QED) is 0.643. The lowest BCUT2D eigenvalue weighted by atomic mass is 9.81. The molecule has 5 heteroatoms. The number of aliphatic hydroxyl groups excluding tert-OH is 1. The van der Waals surface area contributed by atoms with Crippen LogP contribution in [0.4, 0.5) is 0 Å². The first kappa shape index (κ1) is 16.4. The van der Waals surface area contributed by atoms with E-state index in [0.717, 1.165) is 12.8 Å². The summed E-state index contributed by atoms with van der Waals surface area (Å²) < 4.78 is 5.23. The molecule has 1 aromatic carbocycles. The highest BCUT2D eigenvalue weighted by atomic mass is 16.6. The first-order chi connectivity index (χ1) is 10.5. The van der Waals surface area contributed by atoms with Crippen LogP contribution < -0.4 is 0 Å². The summed E-state index contributed by atoms with van der Waals surface area (Å²) in [6.45, 7) is 2.88. The molecule has 1 N–H and O–H groups in total. The van der Waals surface area contributed by atoms with Gasteiger partial charge in [-0.25, -0.2) is 4.79 Å². The maximum atomic E-state index is 12.8. The summed E-state index contributed by atoms with van der Waals surface area (Å²) in [5.41, 5.74) is -1.28. The molecule has 0 spiro atoms. The van der Waals surface area contributed by atoms with Crippen LogP contribution in [0, 0.1) is 5.92 Å². The molecule has 1 aliphatic rings. The van der Waals surface area contributed by atoms with Crippen molar-refractivity contribution in [3.63, 3.8) is 0 Å². The van der Waals surface area contributed by atoms with Gasteiger partial charge < -0.3 is 9.84 Å². The minimum absolute atomic E-state index is 0.279. The Bertz CT molecular complexity index is 570. The van der Waals surface area contributed by atoms with Gasteiger partial charge in [0.2, 0.25) is 17.2 Å². The van der Waals surface area contributed by atoms with Gasteiger partial charge in [-0.15, -0.1) is 0 Å². The number of benzene rings is 1. The van der Waals surface area contributed by atoms with E-state index in [-0.39, 0.29) is 11.1 Å². The third-order valence-corrected chi connectivity index (χ3v) is 4.18. The first-order valence-electron chi connectivity index (χ1n) is 7.50. The largest absolute Gasteiger partial charge is 0.440 e. The third kappa shape index (κ3) is 2.46. The molecule has 2 rings (SSSR count). The van der Waals surface area contributed by atoms with E-state index in [1.54, 1.807) is 31.2 Å². The van der Waals surface area contributed by atoms with Crippen molar-refractivity contribution < 1.29 is 24.2 Å². The van der Waals surface area contributed by atoms with Gasteiger partial charge in [-0.05, 0) is 6.42 Å². The van der Waals surface area contributed by atoms with Crippen LogP contribution in [0.25, 0.3) is 0 Å². The number of rotatable bonds is 6. The zero-order valence-electron chi connectivity index (χ0n) is 12.8. The van der Waals surface area contributed by atoms with Gasteiger partial charge in [-0.3, -0.25) is 9.59 Å². The van der Waals surface area contributed by atoms with Crippen molar-refractivity contribution in [1.29, 1.82) is 0 Å². The first-order valence-corrected chi connectivity index (χ1v) is 7.50. The molecule has 0 aliphatic heterocycles. The molecule has 0 heterocycles. The Labute approximate surface area is 129 Å². The average Bonchev–Trinajstić information content (AvgIpc) is 2.75. The zero-order chi connectivity index (χ0) is 16.3. The van der Waals surface area contributed by atoms with Crippen molar-refractivity contribution in [3.8, 4) is 0 Å². The van der Waals surface area contributed by atoms with Crippen LogP contribution in [-0.4, -0.2) is 34.9 Å². The highest BCUT2D eigenvalue weighted by Crippen LogP contribution is 2.40. The molecule has 22 heavy (non-hydrogen) atoms. The Kier molecular flexibility index (Phi) is 4.76. The smallest absolute Gasteiger partial charge is 0.333 e. The molecule has 1 unspecified atom stereocenters.